The molecule has 1 fully saturated rings. The quantitative estimate of drug-likeness (QED) is 0.899. The summed E-state index contributed by atoms with van der Waals surface area (Å²) in [7, 11) is 0. The molecule has 1 aliphatic heterocycles. The van der Waals surface area contributed by atoms with Crippen LogP contribution in [-0.4, -0.2) is 34.6 Å². The van der Waals surface area contributed by atoms with Crippen LogP contribution in [0.2, 0.25) is 0 Å². The first-order valence-electron chi connectivity index (χ1n) is 7.34. The summed E-state index contributed by atoms with van der Waals surface area (Å²) < 4.78 is 0. The van der Waals surface area contributed by atoms with Crippen LogP contribution in [0.3, 0.4) is 0 Å². The maximum absolute atomic E-state index is 12.3. The normalized spacial score (nSPS) is 23.4. The maximum Gasteiger partial charge on any atom is 0.318 e. The molecule has 1 aromatic carbocycles. The Hall–Kier alpha value is -2.04. The van der Waals surface area contributed by atoms with Crippen molar-refractivity contribution < 1.29 is 14.7 Å². The molecule has 0 aliphatic carbocycles. The number of carboxylic acids is 1. The zero-order chi connectivity index (χ0) is 15.4. The lowest BCUT2D eigenvalue weighted by molar-refractivity contribution is -0.143. The molecule has 1 saturated heterocycles. The predicted octanol–water partition coefficient (Wildman–Crippen LogP) is 2.64. The molecule has 5 heteroatoms. The van der Waals surface area contributed by atoms with Gasteiger partial charge in [-0.3, -0.25) is 4.79 Å². The maximum atomic E-state index is 12.3. The molecule has 2 N–H and O–H groups in total. The number of piperidine rings is 1. The first kappa shape index (κ1) is 15.4. The summed E-state index contributed by atoms with van der Waals surface area (Å²) in [6.07, 6.45) is 1.04. The lowest BCUT2D eigenvalue weighted by Gasteiger charge is -2.36. The van der Waals surface area contributed by atoms with Crippen LogP contribution in [0, 0.1) is 5.92 Å². The summed E-state index contributed by atoms with van der Waals surface area (Å²) in [5, 5.41) is 12.0. The number of carbonyl (C=O) groups is 2. The number of nitrogens with zero attached hydrogens (tertiary/aromatic N) is 1. The van der Waals surface area contributed by atoms with Gasteiger partial charge < -0.3 is 15.3 Å². The molecular formula is C16H22N2O3. The average molecular weight is 290 g/mol. The highest BCUT2D eigenvalue weighted by molar-refractivity contribution is 5.76. The van der Waals surface area contributed by atoms with Crippen molar-refractivity contribution in [2.75, 3.05) is 6.54 Å². The average Bonchev–Trinajstić information content (AvgIpc) is 2.47. The largest absolute Gasteiger partial charge is 0.481 e. The third-order valence-corrected chi connectivity index (χ3v) is 4.13. The molecule has 0 spiro atoms. The van der Waals surface area contributed by atoms with Gasteiger partial charge in [0.25, 0.3) is 0 Å². The van der Waals surface area contributed by atoms with Crippen molar-refractivity contribution in [2.24, 2.45) is 5.92 Å². The molecule has 0 bridgehead atoms. The van der Waals surface area contributed by atoms with Gasteiger partial charge in [0.15, 0.2) is 0 Å². The molecule has 1 aliphatic rings. The number of amides is 2. The van der Waals surface area contributed by atoms with Crippen molar-refractivity contribution in [3.05, 3.63) is 35.9 Å². The van der Waals surface area contributed by atoms with E-state index >= 15 is 0 Å². The molecular weight excluding hydrogens is 268 g/mol. The Morgan fingerprint density at radius 2 is 2.00 bits per heavy atom. The van der Waals surface area contributed by atoms with E-state index in [4.69, 9.17) is 5.11 Å². The highest BCUT2D eigenvalue weighted by Gasteiger charge is 2.32. The standard InChI is InChI=1S/C16H22N2O3/c1-11-10-14(15(19)20)8-9-18(11)16(21)17-12(2)13-6-4-3-5-7-13/h3-7,11-12,14H,8-10H2,1-2H3,(H,17,21)(H,19,20). The van der Waals surface area contributed by atoms with Crippen LogP contribution in [0.1, 0.15) is 38.3 Å². The Bertz CT molecular complexity index is 504. The fourth-order valence-electron chi connectivity index (χ4n) is 2.79. The van der Waals surface area contributed by atoms with Crippen LogP contribution in [-0.2, 0) is 4.79 Å². The summed E-state index contributed by atoms with van der Waals surface area (Å²) in [4.78, 5) is 25.1. The zero-order valence-corrected chi connectivity index (χ0v) is 12.5. The van der Waals surface area contributed by atoms with Crippen molar-refractivity contribution in [3.8, 4) is 0 Å². The van der Waals surface area contributed by atoms with Crippen molar-refractivity contribution in [1.29, 1.82) is 0 Å². The molecule has 0 radical (unpaired) electrons. The van der Waals surface area contributed by atoms with Crippen LogP contribution in [0.4, 0.5) is 4.79 Å². The second kappa shape index (κ2) is 6.61. The molecule has 0 saturated carbocycles. The first-order chi connectivity index (χ1) is 9.99. The van der Waals surface area contributed by atoms with Gasteiger partial charge in [0.05, 0.1) is 12.0 Å². The number of carbonyl (C=O) groups excluding carboxylic acids is 1. The number of carboxylic acid groups (broad SMARTS) is 1. The summed E-state index contributed by atoms with van der Waals surface area (Å²) in [5.74, 6) is -1.10. The van der Waals surface area contributed by atoms with Gasteiger partial charge in [-0.1, -0.05) is 30.3 Å². The predicted molar refractivity (Wildman–Crippen MR) is 79.9 cm³/mol. The molecule has 1 aromatic rings. The number of urea groups is 1. The number of hydrogen-bond donors (Lipinski definition) is 2. The molecule has 1 heterocycles. The summed E-state index contributed by atoms with van der Waals surface area (Å²) in [6, 6.07) is 9.54. The van der Waals surface area contributed by atoms with Crippen molar-refractivity contribution in [2.45, 2.75) is 38.8 Å². The lowest BCUT2D eigenvalue weighted by atomic mass is 9.92. The molecule has 5 nitrogen and oxygen atoms in total. The third-order valence-electron chi connectivity index (χ3n) is 4.13. The number of likely N-dealkylation sites (tertiary alicyclic amines) is 1. The van der Waals surface area contributed by atoms with Gasteiger partial charge >= 0.3 is 12.0 Å². The van der Waals surface area contributed by atoms with Crippen molar-refractivity contribution in [1.82, 2.24) is 10.2 Å². The Labute approximate surface area is 125 Å². The number of rotatable bonds is 3. The van der Waals surface area contributed by atoms with E-state index in [0.29, 0.717) is 19.4 Å². The van der Waals surface area contributed by atoms with Crippen LogP contribution in [0.5, 0.6) is 0 Å². The fourth-order valence-corrected chi connectivity index (χ4v) is 2.79. The summed E-state index contributed by atoms with van der Waals surface area (Å²) in [5.41, 5.74) is 1.05. The van der Waals surface area contributed by atoms with E-state index in [0.717, 1.165) is 5.56 Å². The smallest absolute Gasteiger partial charge is 0.318 e. The highest BCUT2D eigenvalue weighted by Crippen LogP contribution is 2.23. The summed E-state index contributed by atoms with van der Waals surface area (Å²) in [6.45, 7) is 4.34. The third kappa shape index (κ3) is 3.74. The monoisotopic (exact) mass is 290 g/mol. The molecule has 2 rings (SSSR count). The van der Waals surface area contributed by atoms with Gasteiger partial charge in [0.1, 0.15) is 0 Å². The van der Waals surface area contributed by atoms with E-state index in [9.17, 15) is 9.59 Å². The van der Waals surface area contributed by atoms with Crippen molar-refractivity contribution in [3.63, 3.8) is 0 Å². The molecule has 3 unspecified atom stereocenters. The zero-order valence-electron chi connectivity index (χ0n) is 12.5. The Balaban J connectivity index is 1.93. The van der Waals surface area contributed by atoms with Gasteiger partial charge in [0.2, 0.25) is 0 Å². The van der Waals surface area contributed by atoms with E-state index in [1.54, 1.807) is 4.90 Å². The van der Waals surface area contributed by atoms with Crippen LogP contribution in [0.25, 0.3) is 0 Å². The van der Waals surface area contributed by atoms with Gasteiger partial charge in [-0.15, -0.1) is 0 Å². The van der Waals surface area contributed by atoms with E-state index in [-0.39, 0.29) is 24.0 Å². The van der Waals surface area contributed by atoms with E-state index in [1.165, 1.54) is 0 Å². The topological polar surface area (TPSA) is 69.6 Å². The Kier molecular flexibility index (Phi) is 4.83. The minimum atomic E-state index is -0.764. The number of hydrogen-bond acceptors (Lipinski definition) is 2. The summed E-state index contributed by atoms with van der Waals surface area (Å²) >= 11 is 0. The minimum absolute atomic E-state index is 0.0529. The second-order valence-electron chi connectivity index (χ2n) is 5.68. The number of benzene rings is 1. The van der Waals surface area contributed by atoms with Crippen molar-refractivity contribution >= 4 is 12.0 Å². The fraction of sp³-hybridized carbons (Fsp3) is 0.500. The molecule has 0 aromatic heterocycles. The lowest BCUT2D eigenvalue weighted by Crippen LogP contribution is -2.50. The SMILES string of the molecule is CC(NC(=O)N1CCC(C(=O)O)CC1C)c1ccccc1. The number of aliphatic carboxylic acids is 1. The second-order valence-corrected chi connectivity index (χ2v) is 5.68. The van der Waals surface area contributed by atoms with Crippen LogP contribution < -0.4 is 5.32 Å². The Morgan fingerprint density at radius 1 is 1.33 bits per heavy atom. The van der Waals surface area contributed by atoms with E-state index in [2.05, 4.69) is 5.32 Å². The number of nitrogens with one attached hydrogen (secondary N) is 1. The molecule has 2 amide bonds. The van der Waals surface area contributed by atoms with E-state index in [1.807, 2.05) is 44.2 Å². The first-order valence-corrected chi connectivity index (χ1v) is 7.34. The highest BCUT2D eigenvalue weighted by atomic mass is 16.4. The van der Waals surface area contributed by atoms with Gasteiger partial charge in [-0.05, 0) is 32.3 Å². The molecule has 114 valence electrons. The van der Waals surface area contributed by atoms with Gasteiger partial charge in [-0.25, -0.2) is 4.79 Å². The van der Waals surface area contributed by atoms with Gasteiger partial charge in [0, 0.05) is 12.6 Å². The minimum Gasteiger partial charge on any atom is -0.481 e. The van der Waals surface area contributed by atoms with Gasteiger partial charge in [-0.2, -0.15) is 0 Å². The van der Waals surface area contributed by atoms with E-state index < -0.39 is 5.97 Å². The van der Waals surface area contributed by atoms with Crippen LogP contribution >= 0.6 is 0 Å². The Morgan fingerprint density at radius 3 is 2.57 bits per heavy atom. The molecule has 3 atom stereocenters. The molecule has 21 heavy (non-hydrogen) atoms. The van der Waals surface area contributed by atoms with Crippen LogP contribution in [0.15, 0.2) is 30.3 Å².